The molecule has 0 radical (unpaired) electrons. The number of ether oxygens (including phenoxy) is 1. The fourth-order valence-corrected chi connectivity index (χ4v) is 3.06. The van der Waals surface area contributed by atoms with Crippen LogP contribution in [-0.2, 0) is 11.2 Å². The number of anilines is 1. The fraction of sp³-hybridized carbons (Fsp3) is 0.238. The number of aromatic nitrogens is 2. The Labute approximate surface area is 163 Å². The van der Waals surface area contributed by atoms with Gasteiger partial charge in [0.05, 0.1) is 24.4 Å². The van der Waals surface area contributed by atoms with Gasteiger partial charge >= 0.3 is 0 Å². The van der Waals surface area contributed by atoms with E-state index in [-0.39, 0.29) is 12.3 Å². The van der Waals surface area contributed by atoms with E-state index in [1.807, 2.05) is 74.0 Å². The van der Waals surface area contributed by atoms with Crippen molar-refractivity contribution >= 4 is 23.2 Å². The van der Waals surface area contributed by atoms with Crippen molar-refractivity contribution < 1.29 is 9.53 Å². The van der Waals surface area contributed by atoms with Crippen molar-refractivity contribution in [3.05, 3.63) is 70.5 Å². The van der Waals surface area contributed by atoms with Crippen LogP contribution in [0.25, 0.3) is 5.69 Å². The highest BCUT2D eigenvalue weighted by Gasteiger charge is 2.16. The average Bonchev–Trinajstić information content (AvgIpc) is 2.92. The molecule has 0 aliphatic carbocycles. The van der Waals surface area contributed by atoms with E-state index >= 15 is 0 Å². The minimum atomic E-state index is -0.0824. The third-order valence-corrected chi connectivity index (χ3v) is 4.55. The van der Waals surface area contributed by atoms with E-state index in [1.54, 1.807) is 0 Å². The quantitative estimate of drug-likeness (QED) is 0.669. The molecule has 0 fully saturated rings. The van der Waals surface area contributed by atoms with Gasteiger partial charge in [-0.2, -0.15) is 5.10 Å². The Morgan fingerprint density at radius 1 is 1.11 bits per heavy atom. The van der Waals surface area contributed by atoms with Crippen LogP contribution in [0, 0.1) is 13.8 Å². The lowest BCUT2D eigenvalue weighted by Gasteiger charge is -2.08. The molecule has 0 aliphatic heterocycles. The van der Waals surface area contributed by atoms with Gasteiger partial charge in [-0.15, -0.1) is 0 Å². The molecule has 1 amide bonds. The Balaban J connectivity index is 1.73. The van der Waals surface area contributed by atoms with Gasteiger partial charge in [-0.3, -0.25) is 4.79 Å². The minimum absolute atomic E-state index is 0.0824. The van der Waals surface area contributed by atoms with E-state index in [2.05, 4.69) is 10.4 Å². The molecule has 0 saturated carbocycles. The Hall–Kier alpha value is -2.79. The Morgan fingerprint density at radius 3 is 2.41 bits per heavy atom. The number of hydrogen-bond donors (Lipinski definition) is 1. The molecule has 1 N–H and O–H groups in total. The number of hydrogen-bond acceptors (Lipinski definition) is 3. The molecule has 140 valence electrons. The summed E-state index contributed by atoms with van der Waals surface area (Å²) in [6.07, 6.45) is 0.262. The van der Waals surface area contributed by atoms with Gasteiger partial charge < -0.3 is 10.1 Å². The highest BCUT2D eigenvalue weighted by atomic mass is 35.5. The van der Waals surface area contributed by atoms with Gasteiger partial charge in [0.1, 0.15) is 5.75 Å². The van der Waals surface area contributed by atoms with Crippen LogP contribution < -0.4 is 10.1 Å². The van der Waals surface area contributed by atoms with Crippen molar-refractivity contribution in [1.29, 1.82) is 0 Å². The molecule has 1 aromatic heterocycles. The van der Waals surface area contributed by atoms with Gasteiger partial charge in [-0.05, 0) is 69.3 Å². The molecule has 0 atom stereocenters. The van der Waals surface area contributed by atoms with E-state index in [4.69, 9.17) is 16.3 Å². The molecule has 0 aliphatic rings. The Morgan fingerprint density at radius 2 is 1.78 bits per heavy atom. The highest BCUT2D eigenvalue weighted by Crippen LogP contribution is 2.21. The molecule has 5 nitrogen and oxygen atoms in total. The predicted molar refractivity (Wildman–Crippen MR) is 108 cm³/mol. The monoisotopic (exact) mass is 383 g/mol. The number of aryl methyl sites for hydroxylation is 1. The van der Waals surface area contributed by atoms with Crippen LogP contribution in [0.1, 0.15) is 23.9 Å². The molecule has 6 heteroatoms. The maximum Gasteiger partial charge on any atom is 0.228 e. The first-order valence-electron chi connectivity index (χ1n) is 8.81. The third-order valence-electron chi connectivity index (χ3n) is 4.30. The molecular formula is C21H22ClN3O2. The zero-order chi connectivity index (χ0) is 19.4. The van der Waals surface area contributed by atoms with Crippen molar-refractivity contribution in [2.24, 2.45) is 0 Å². The van der Waals surface area contributed by atoms with Gasteiger partial charge in [-0.1, -0.05) is 11.6 Å². The van der Waals surface area contributed by atoms with Crippen LogP contribution in [0.15, 0.2) is 48.5 Å². The fourth-order valence-electron chi connectivity index (χ4n) is 2.93. The number of carbonyl (C=O) groups is 1. The summed E-state index contributed by atoms with van der Waals surface area (Å²) in [4.78, 5) is 12.5. The molecule has 0 unspecified atom stereocenters. The zero-order valence-electron chi connectivity index (χ0n) is 15.6. The van der Waals surface area contributed by atoms with Crippen molar-refractivity contribution in [2.45, 2.75) is 27.2 Å². The van der Waals surface area contributed by atoms with Crippen molar-refractivity contribution in [3.8, 4) is 11.4 Å². The number of carbonyl (C=O) groups excluding carboxylic acids is 1. The molecule has 0 spiro atoms. The van der Waals surface area contributed by atoms with Gasteiger partial charge in [0.15, 0.2) is 0 Å². The summed E-state index contributed by atoms with van der Waals surface area (Å²) in [7, 11) is 0. The molecule has 0 saturated heterocycles. The molecule has 2 aromatic carbocycles. The summed E-state index contributed by atoms with van der Waals surface area (Å²) in [5.41, 5.74) is 4.36. The number of halogens is 1. The van der Waals surface area contributed by atoms with E-state index in [0.29, 0.717) is 11.6 Å². The molecule has 0 bridgehead atoms. The van der Waals surface area contributed by atoms with Gasteiger partial charge in [0.2, 0.25) is 5.91 Å². The largest absolute Gasteiger partial charge is 0.494 e. The number of rotatable bonds is 6. The van der Waals surface area contributed by atoms with Crippen LogP contribution >= 0.6 is 11.6 Å². The summed E-state index contributed by atoms with van der Waals surface area (Å²) in [6, 6.07) is 14.8. The van der Waals surface area contributed by atoms with Crippen LogP contribution in [0.4, 0.5) is 5.69 Å². The topological polar surface area (TPSA) is 56.1 Å². The standard InChI is InChI=1S/C21H22ClN3O2/c1-4-27-19-11-7-17(8-12-19)23-21(26)13-20-14(2)24-25(15(20)3)18-9-5-16(22)6-10-18/h5-12H,4,13H2,1-3H3,(H,23,26). The first-order chi connectivity index (χ1) is 13.0. The highest BCUT2D eigenvalue weighted by molar-refractivity contribution is 6.30. The van der Waals surface area contributed by atoms with Crippen molar-refractivity contribution in [2.75, 3.05) is 11.9 Å². The molecule has 3 rings (SSSR count). The van der Waals surface area contributed by atoms with Crippen LogP contribution in [-0.4, -0.2) is 22.3 Å². The second-order valence-corrected chi connectivity index (χ2v) is 6.66. The zero-order valence-corrected chi connectivity index (χ0v) is 16.4. The first kappa shape index (κ1) is 19.0. The Bertz CT molecular complexity index is 931. The van der Waals surface area contributed by atoms with Crippen LogP contribution in [0.2, 0.25) is 5.02 Å². The number of nitrogens with one attached hydrogen (secondary N) is 1. The second-order valence-electron chi connectivity index (χ2n) is 6.22. The average molecular weight is 384 g/mol. The third kappa shape index (κ3) is 4.49. The molecule has 27 heavy (non-hydrogen) atoms. The minimum Gasteiger partial charge on any atom is -0.494 e. The van der Waals surface area contributed by atoms with E-state index in [1.165, 1.54) is 0 Å². The summed E-state index contributed by atoms with van der Waals surface area (Å²) in [5.74, 6) is 0.701. The summed E-state index contributed by atoms with van der Waals surface area (Å²) in [5, 5.41) is 8.18. The number of nitrogens with zero attached hydrogens (tertiary/aromatic N) is 2. The summed E-state index contributed by atoms with van der Waals surface area (Å²) < 4.78 is 7.25. The maximum absolute atomic E-state index is 12.5. The maximum atomic E-state index is 12.5. The van der Waals surface area contributed by atoms with E-state index in [0.717, 1.165) is 34.1 Å². The molecule has 3 aromatic rings. The number of amides is 1. The van der Waals surface area contributed by atoms with Crippen molar-refractivity contribution in [1.82, 2.24) is 9.78 Å². The van der Waals surface area contributed by atoms with Gasteiger partial charge in [-0.25, -0.2) is 4.68 Å². The second kappa shape index (κ2) is 8.27. The van der Waals surface area contributed by atoms with Gasteiger partial charge in [0.25, 0.3) is 0 Å². The smallest absolute Gasteiger partial charge is 0.228 e. The Kier molecular flexibility index (Phi) is 5.81. The first-order valence-corrected chi connectivity index (χ1v) is 9.19. The molecule has 1 heterocycles. The summed E-state index contributed by atoms with van der Waals surface area (Å²) in [6.45, 7) is 6.43. The molecular weight excluding hydrogens is 362 g/mol. The van der Waals surface area contributed by atoms with E-state index < -0.39 is 0 Å². The van der Waals surface area contributed by atoms with E-state index in [9.17, 15) is 4.79 Å². The summed E-state index contributed by atoms with van der Waals surface area (Å²) >= 11 is 5.96. The van der Waals surface area contributed by atoms with Crippen LogP contribution in [0.5, 0.6) is 5.75 Å². The lowest BCUT2D eigenvalue weighted by molar-refractivity contribution is -0.115. The lowest BCUT2D eigenvalue weighted by atomic mass is 10.1. The normalized spacial score (nSPS) is 10.7. The predicted octanol–water partition coefficient (Wildman–Crippen LogP) is 4.72. The number of benzene rings is 2. The van der Waals surface area contributed by atoms with Gasteiger partial charge in [0, 0.05) is 22.0 Å². The lowest BCUT2D eigenvalue weighted by Crippen LogP contribution is -2.15. The SMILES string of the molecule is CCOc1ccc(NC(=O)Cc2c(C)nn(-c3ccc(Cl)cc3)c2C)cc1. The van der Waals surface area contributed by atoms with Crippen molar-refractivity contribution in [3.63, 3.8) is 0 Å². The van der Waals surface area contributed by atoms with Crippen LogP contribution in [0.3, 0.4) is 0 Å².